The summed E-state index contributed by atoms with van der Waals surface area (Å²) in [4.78, 5) is 12.3. The molecule has 1 unspecified atom stereocenters. The minimum atomic E-state index is -0.738. The van der Waals surface area contributed by atoms with Gasteiger partial charge in [-0.25, -0.2) is 0 Å². The zero-order valence-corrected chi connectivity index (χ0v) is 11.9. The SMILES string of the molecule is CC1(CNC(=O)C2(C#N)CCCCC2)CCCS1. The summed E-state index contributed by atoms with van der Waals surface area (Å²) in [7, 11) is 0. The molecule has 0 bridgehead atoms. The van der Waals surface area contributed by atoms with Crippen LogP contribution in [0.25, 0.3) is 0 Å². The molecule has 1 heterocycles. The Morgan fingerprint density at radius 1 is 1.28 bits per heavy atom. The molecule has 1 aliphatic carbocycles. The Morgan fingerprint density at radius 3 is 2.56 bits per heavy atom. The lowest BCUT2D eigenvalue weighted by Crippen LogP contribution is -2.45. The van der Waals surface area contributed by atoms with Crippen LogP contribution < -0.4 is 5.32 Å². The highest BCUT2D eigenvalue weighted by Crippen LogP contribution is 2.38. The standard InChI is InChI=1S/C14H22N2OS/c1-13(6-5-9-18-13)11-16-12(17)14(10-15)7-3-2-4-8-14/h2-9,11H2,1H3,(H,16,17). The number of nitriles is 1. The molecule has 3 nitrogen and oxygen atoms in total. The number of carbonyl (C=O) groups excluding carboxylic acids is 1. The molecule has 0 aromatic heterocycles. The van der Waals surface area contributed by atoms with Crippen molar-refractivity contribution in [2.75, 3.05) is 12.3 Å². The monoisotopic (exact) mass is 266 g/mol. The van der Waals surface area contributed by atoms with Gasteiger partial charge in [-0.05, 0) is 38.4 Å². The van der Waals surface area contributed by atoms with Crippen LogP contribution in [0.5, 0.6) is 0 Å². The molecule has 18 heavy (non-hydrogen) atoms. The van der Waals surface area contributed by atoms with Crippen LogP contribution in [-0.4, -0.2) is 23.0 Å². The minimum absolute atomic E-state index is 0.0292. The van der Waals surface area contributed by atoms with Crippen LogP contribution in [0.1, 0.15) is 51.9 Å². The van der Waals surface area contributed by atoms with Gasteiger partial charge in [-0.3, -0.25) is 4.79 Å². The third-order valence-electron chi connectivity index (χ3n) is 4.28. The Kier molecular flexibility index (Phi) is 4.21. The van der Waals surface area contributed by atoms with E-state index in [1.807, 2.05) is 11.8 Å². The van der Waals surface area contributed by atoms with Gasteiger partial charge in [0.25, 0.3) is 0 Å². The van der Waals surface area contributed by atoms with Crippen LogP contribution in [0.4, 0.5) is 0 Å². The predicted molar refractivity (Wildman–Crippen MR) is 74.2 cm³/mol. The van der Waals surface area contributed by atoms with Gasteiger partial charge in [-0.2, -0.15) is 17.0 Å². The maximum absolute atomic E-state index is 12.3. The van der Waals surface area contributed by atoms with Gasteiger partial charge in [0.2, 0.25) is 5.91 Å². The number of thioether (sulfide) groups is 1. The van der Waals surface area contributed by atoms with Crippen molar-refractivity contribution in [2.45, 2.75) is 56.6 Å². The molecular formula is C14H22N2OS. The lowest BCUT2D eigenvalue weighted by Gasteiger charge is -2.31. The Morgan fingerprint density at radius 2 is 2.00 bits per heavy atom. The zero-order valence-electron chi connectivity index (χ0n) is 11.1. The summed E-state index contributed by atoms with van der Waals surface area (Å²) in [6, 6.07) is 2.29. The van der Waals surface area contributed by atoms with Gasteiger partial charge in [-0.15, -0.1) is 0 Å². The summed E-state index contributed by atoms with van der Waals surface area (Å²) in [5.74, 6) is 1.16. The number of nitrogens with one attached hydrogen (secondary N) is 1. The summed E-state index contributed by atoms with van der Waals surface area (Å²) >= 11 is 1.94. The van der Waals surface area contributed by atoms with Gasteiger partial charge < -0.3 is 5.32 Å². The molecule has 1 atom stereocenters. The maximum Gasteiger partial charge on any atom is 0.240 e. The molecule has 0 spiro atoms. The smallest absolute Gasteiger partial charge is 0.240 e. The number of amides is 1. The van der Waals surface area contributed by atoms with E-state index in [0.29, 0.717) is 6.54 Å². The van der Waals surface area contributed by atoms with Crippen LogP contribution in [0.2, 0.25) is 0 Å². The Hall–Kier alpha value is -0.690. The second kappa shape index (κ2) is 5.52. The van der Waals surface area contributed by atoms with E-state index in [2.05, 4.69) is 18.3 Å². The zero-order chi connectivity index (χ0) is 13.1. The van der Waals surface area contributed by atoms with Crippen molar-refractivity contribution >= 4 is 17.7 Å². The van der Waals surface area contributed by atoms with Crippen molar-refractivity contribution in [1.82, 2.24) is 5.32 Å². The van der Waals surface area contributed by atoms with Gasteiger partial charge >= 0.3 is 0 Å². The maximum atomic E-state index is 12.3. The second-order valence-electron chi connectivity index (χ2n) is 5.84. The fraction of sp³-hybridized carbons (Fsp3) is 0.857. The largest absolute Gasteiger partial charge is 0.353 e. The second-order valence-corrected chi connectivity index (χ2v) is 7.52. The lowest BCUT2D eigenvalue weighted by atomic mass is 9.74. The third-order valence-corrected chi connectivity index (χ3v) is 5.82. The molecule has 1 saturated carbocycles. The highest BCUT2D eigenvalue weighted by Gasteiger charge is 2.40. The third kappa shape index (κ3) is 2.83. The van der Waals surface area contributed by atoms with Crippen LogP contribution >= 0.6 is 11.8 Å². The molecule has 4 heteroatoms. The number of rotatable bonds is 3. The van der Waals surface area contributed by atoms with Gasteiger partial charge in [-0.1, -0.05) is 19.3 Å². The number of nitrogens with zero attached hydrogens (tertiary/aromatic N) is 1. The first-order chi connectivity index (χ1) is 8.60. The highest BCUT2D eigenvalue weighted by molar-refractivity contribution is 8.00. The van der Waals surface area contributed by atoms with Crippen LogP contribution in [0.15, 0.2) is 0 Å². The fourth-order valence-corrected chi connectivity index (χ4v) is 4.20. The van der Waals surface area contributed by atoms with E-state index in [4.69, 9.17) is 0 Å². The van der Waals surface area contributed by atoms with Crippen molar-refractivity contribution in [1.29, 1.82) is 5.26 Å². The van der Waals surface area contributed by atoms with E-state index in [1.54, 1.807) is 0 Å². The molecular weight excluding hydrogens is 244 g/mol. The van der Waals surface area contributed by atoms with E-state index >= 15 is 0 Å². The van der Waals surface area contributed by atoms with E-state index < -0.39 is 5.41 Å². The molecule has 1 saturated heterocycles. The first kappa shape index (κ1) is 13.7. The molecule has 0 radical (unpaired) electrons. The molecule has 1 aliphatic heterocycles. The average Bonchev–Trinajstić information content (AvgIpc) is 2.84. The summed E-state index contributed by atoms with van der Waals surface area (Å²) in [6.45, 7) is 2.92. The molecule has 0 aromatic carbocycles. The molecule has 2 fully saturated rings. The van der Waals surface area contributed by atoms with E-state index in [0.717, 1.165) is 38.5 Å². The van der Waals surface area contributed by atoms with Crippen LogP contribution in [-0.2, 0) is 4.79 Å². The topological polar surface area (TPSA) is 52.9 Å². The molecule has 100 valence electrons. The van der Waals surface area contributed by atoms with E-state index in [-0.39, 0.29) is 10.7 Å². The van der Waals surface area contributed by atoms with Gasteiger partial charge in [0.1, 0.15) is 5.41 Å². The first-order valence-corrected chi connectivity index (χ1v) is 7.92. The van der Waals surface area contributed by atoms with Gasteiger partial charge in [0, 0.05) is 11.3 Å². The molecule has 1 N–H and O–H groups in total. The van der Waals surface area contributed by atoms with Crippen LogP contribution in [0, 0.1) is 16.7 Å². The minimum Gasteiger partial charge on any atom is -0.353 e. The van der Waals surface area contributed by atoms with Crippen LogP contribution in [0.3, 0.4) is 0 Å². The molecule has 0 aromatic rings. The van der Waals surface area contributed by atoms with Crippen molar-refractivity contribution in [3.8, 4) is 6.07 Å². The number of hydrogen-bond donors (Lipinski definition) is 1. The first-order valence-electron chi connectivity index (χ1n) is 6.94. The highest BCUT2D eigenvalue weighted by atomic mass is 32.2. The predicted octanol–water partition coefficient (Wildman–Crippen LogP) is 2.86. The average molecular weight is 266 g/mol. The molecule has 2 rings (SSSR count). The quantitative estimate of drug-likeness (QED) is 0.854. The summed E-state index contributed by atoms with van der Waals surface area (Å²) in [6.07, 6.45) is 7.04. The Balaban J connectivity index is 1.92. The van der Waals surface area contributed by atoms with Gasteiger partial charge in [0.15, 0.2) is 0 Å². The molecule has 1 amide bonds. The Bertz CT molecular complexity index is 349. The summed E-state index contributed by atoms with van der Waals surface area (Å²) < 4.78 is 0.182. The normalized spacial score (nSPS) is 30.7. The number of carbonyl (C=O) groups is 1. The van der Waals surface area contributed by atoms with Gasteiger partial charge in [0.05, 0.1) is 6.07 Å². The molecule has 2 aliphatic rings. The number of hydrogen-bond acceptors (Lipinski definition) is 3. The van der Waals surface area contributed by atoms with E-state index in [9.17, 15) is 10.1 Å². The lowest BCUT2D eigenvalue weighted by molar-refractivity contribution is -0.129. The summed E-state index contributed by atoms with van der Waals surface area (Å²) in [5, 5.41) is 12.4. The van der Waals surface area contributed by atoms with Crippen molar-refractivity contribution in [2.24, 2.45) is 5.41 Å². The Labute approximate surface area is 114 Å². The van der Waals surface area contributed by atoms with Crippen molar-refractivity contribution < 1.29 is 4.79 Å². The van der Waals surface area contributed by atoms with E-state index in [1.165, 1.54) is 12.2 Å². The fourth-order valence-electron chi connectivity index (χ4n) is 2.96. The summed E-state index contributed by atoms with van der Waals surface area (Å²) in [5.41, 5.74) is -0.738. The van der Waals surface area contributed by atoms with Crippen molar-refractivity contribution in [3.63, 3.8) is 0 Å². The van der Waals surface area contributed by atoms with Crippen molar-refractivity contribution in [3.05, 3.63) is 0 Å².